The van der Waals surface area contributed by atoms with E-state index in [1.165, 1.54) is 0 Å². The molecule has 3 rings (SSSR count). The molecule has 0 aliphatic carbocycles. The minimum atomic E-state index is -0.0624. The van der Waals surface area contributed by atoms with Crippen molar-refractivity contribution < 1.29 is 9.53 Å². The van der Waals surface area contributed by atoms with Crippen LogP contribution in [0.5, 0.6) is 0 Å². The molecule has 5 heteroatoms. The molecule has 1 saturated heterocycles. The van der Waals surface area contributed by atoms with Gasteiger partial charge in [0.1, 0.15) is 11.3 Å². The van der Waals surface area contributed by atoms with Crippen molar-refractivity contribution >= 4 is 11.6 Å². The van der Waals surface area contributed by atoms with Crippen molar-refractivity contribution in [1.29, 1.82) is 0 Å². The minimum Gasteiger partial charge on any atom is -0.376 e. The predicted octanol–water partition coefficient (Wildman–Crippen LogP) is 2.20. The van der Waals surface area contributed by atoms with E-state index in [1.807, 2.05) is 28.8 Å². The largest absolute Gasteiger partial charge is 0.376 e. The molecule has 2 aromatic rings. The Morgan fingerprint density at radius 3 is 3.19 bits per heavy atom. The fraction of sp³-hybridized carbons (Fsp3) is 0.500. The van der Waals surface area contributed by atoms with E-state index >= 15 is 0 Å². The van der Waals surface area contributed by atoms with Gasteiger partial charge in [0, 0.05) is 19.3 Å². The first kappa shape index (κ1) is 14.1. The van der Waals surface area contributed by atoms with Crippen molar-refractivity contribution in [3.63, 3.8) is 0 Å². The van der Waals surface area contributed by atoms with Gasteiger partial charge in [-0.15, -0.1) is 0 Å². The Labute approximate surface area is 124 Å². The molecule has 5 nitrogen and oxygen atoms in total. The number of amides is 1. The number of rotatable bonds is 5. The Balaban J connectivity index is 1.82. The summed E-state index contributed by atoms with van der Waals surface area (Å²) in [5, 5.41) is 2.99. The van der Waals surface area contributed by atoms with E-state index in [1.54, 1.807) is 0 Å². The zero-order valence-electron chi connectivity index (χ0n) is 12.3. The van der Waals surface area contributed by atoms with Crippen LogP contribution in [0.15, 0.2) is 24.4 Å². The molecule has 0 aromatic carbocycles. The van der Waals surface area contributed by atoms with Crippen LogP contribution in [0.2, 0.25) is 0 Å². The van der Waals surface area contributed by atoms with Gasteiger partial charge in [0.2, 0.25) is 0 Å². The van der Waals surface area contributed by atoms with E-state index in [0.29, 0.717) is 12.2 Å². The lowest BCUT2D eigenvalue weighted by Crippen LogP contribution is -2.33. The Bertz CT molecular complexity index is 629. The number of nitrogens with zero attached hydrogens (tertiary/aromatic N) is 2. The van der Waals surface area contributed by atoms with E-state index in [2.05, 4.69) is 17.2 Å². The van der Waals surface area contributed by atoms with Crippen LogP contribution in [0.1, 0.15) is 42.4 Å². The fourth-order valence-corrected chi connectivity index (χ4v) is 2.79. The maximum atomic E-state index is 12.5. The highest BCUT2D eigenvalue weighted by molar-refractivity contribution is 5.94. The number of pyridine rings is 1. The summed E-state index contributed by atoms with van der Waals surface area (Å²) in [6, 6.07) is 5.78. The van der Waals surface area contributed by atoms with Gasteiger partial charge in [-0.1, -0.05) is 19.4 Å². The summed E-state index contributed by atoms with van der Waals surface area (Å²) in [5.41, 5.74) is 2.35. The Kier molecular flexibility index (Phi) is 4.20. The Morgan fingerprint density at radius 1 is 1.52 bits per heavy atom. The van der Waals surface area contributed by atoms with Crippen molar-refractivity contribution in [2.45, 2.75) is 38.7 Å². The smallest absolute Gasteiger partial charge is 0.270 e. The van der Waals surface area contributed by atoms with Crippen LogP contribution in [-0.4, -0.2) is 34.5 Å². The van der Waals surface area contributed by atoms with Crippen LogP contribution < -0.4 is 5.32 Å². The molecular weight excluding hydrogens is 266 g/mol. The Hall–Kier alpha value is -1.88. The molecule has 1 amide bonds. The molecule has 0 radical (unpaired) electrons. The van der Waals surface area contributed by atoms with Crippen LogP contribution in [-0.2, 0) is 11.2 Å². The molecule has 0 bridgehead atoms. The molecular formula is C16H21N3O2. The molecule has 112 valence electrons. The fourth-order valence-electron chi connectivity index (χ4n) is 2.79. The lowest BCUT2D eigenvalue weighted by molar-refractivity contribution is 0.0852. The Morgan fingerprint density at radius 2 is 2.43 bits per heavy atom. The summed E-state index contributed by atoms with van der Waals surface area (Å²) in [6.45, 7) is 3.47. The van der Waals surface area contributed by atoms with E-state index in [0.717, 1.165) is 43.6 Å². The van der Waals surface area contributed by atoms with Crippen molar-refractivity contribution in [2.24, 2.45) is 0 Å². The second-order valence-corrected chi connectivity index (χ2v) is 5.43. The number of nitrogens with one attached hydrogen (secondary N) is 1. The number of aromatic nitrogens is 2. The third-order valence-electron chi connectivity index (χ3n) is 3.82. The predicted molar refractivity (Wildman–Crippen MR) is 80.5 cm³/mol. The van der Waals surface area contributed by atoms with E-state index in [4.69, 9.17) is 4.74 Å². The number of carbonyl (C=O) groups is 1. The number of carbonyl (C=O) groups excluding carboxylic acids is 1. The van der Waals surface area contributed by atoms with E-state index < -0.39 is 0 Å². The van der Waals surface area contributed by atoms with Gasteiger partial charge in [0.25, 0.3) is 5.91 Å². The van der Waals surface area contributed by atoms with Crippen molar-refractivity contribution in [2.75, 3.05) is 13.2 Å². The monoisotopic (exact) mass is 287 g/mol. The molecule has 3 heterocycles. The number of imidazole rings is 1. The standard InChI is InChI=1S/C16H21N3O2/c1-2-6-13-15(19-9-4-3-8-14(19)18-13)16(20)17-11-12-7-5-10-21-12/h3-4,8-9,12H,2,5-7,10-11H2,1H3,(H,17,20). The van der Waals surface area contributed by atoms with Gasteiger partial charge in [0.15, 0.2) is 0 Å². The summed E-state index contributed by atoms with van der Waals surface area (Å²) in [4.78, 5) is 17.1. The summed E-state index contributed by atoms with van der Waals surface area (Å²) in [6.07, 6.45) is 5.93. The number of hydrogen-bond donors (Lipinski definition) is 1. The molecule has 21 heavy (non-hydrogen) atoms. The molecule has 0 spiro atoms. The average molecular weight is 287 g/mol. The first-order valence-electron chi connectivity index (χ1n) is 7.65. The summed E-state index contributed by atoms with van der Waals surface area (Å²) in [7, 11) is 0. The van der Waals surface area contributed by atoms with Crippen LogP contribution in [0.3, 0.4) is 0 Å². The molecule has 1 N–H and O–H groups in total. The van der Waals surface area contributed by atoms with Gasteiger partial charge in [-0.25, -0.2) is 4.98 Å². The number of hydrogen-bond acceptors (Lipinski definition) is 3. The highest BCUT2D eigenvalue weighted by Crippen LogP contribution is 2.15. The quantitative estimate of drug-likeness (QED) is 0.917. The molecule has 1 atom stereocenters. The minimum absolute atomic E-state index is 0.0624. The van der Waals surface area contributed by atoms with Crippen molar-refractivity contribution in [1.82, 2.24) is 14.7 Å². The number of ether oxygens (including phenoxy) is 1. The maximum Gasteiger partial charge on any atom is 0.270 e. The van der Waals surface area contributed by atoms with Crippen LogP contribution in [0.25, 0.3) is 5.65 Å². The van der Waals surface area contributed by atoms with E-state index in [9.17, 15) is 4.79 Å². The molecule has 0 saturated carbocycles. The summed E-state index contributed by atoms with van der Waals surface area (Å²) < 4.78 is 7.42. The number of aryl methyl sites for hydroxylation is 1. The van der Waals surface area contributed by atoms with Crippen molar-refractivity contribution in [3.05, 3.63) is 35.8 Å². The average Bonchev–Trinajstić information content (AvgIpc) is 3.12. The first-order valence-corrected chi connectivity index (χ1v) is 7.65. The van der Waals surface area contributed by atoms with Gasteiger partial charge in [-0.2, -0.15) is 0 Å². The van der Waals surface area contributed by atoms with Gasteiger partial charge in [-0.05, 0) is 31.4 Å². The number of fused-ring (bicyclic) bond motifs is 1. The van der Waals surface area contributed by atoms with Gasteiger partial charge in [0.05, 0.1) is 11.8 Å². The van der Waals surface area contributed by atoms with Gasteiger partial charge in [-0.3, -0.25) is 9.20 Å². The summed E-state index contributed by atoms with van der Waals surface area (Å²) in [5.74, 6) is -0.0624. The normalized spacial score (nSPS) is 18.2. The molecule has 1 aliphatic heterocycles. The van der Waals surface area contributed by atoms with Crippen LogP contribution >= 0.6 is 0 Å². The highest BCUT2D eigenvalue weighted by Gasteiger charge is 2.21. The van der Waals surface area contributed by atoms with Crippen LogP contribution in [0, 0.1) is 0 Å². The van der Waals surface area contributed by atoms with Gasteiger partial charge < -0.3 is 10.1 Å². The third kappa shape index (κ3) is 2.93. The molecule has 1 unspecified atom stereocenters. The second kappa shape index (κ2) is 6.26. The SMILES string of the molecule is CCCc1nc2ccccn2c1C(=O)NCC1CCCO1. The molecule has 1 aliphatic rings. The summed E-state index contributed by atoms with van der Waals surface area (Å²) >= 11 is 0. The third-order valence-corrected chi connectivity index (χ3v) is 3.82. The lowest BCUT2D eigenvalue weighted by Gasteiger charge is -2.11. The zero-order valence-corrected chi connectivity index (χ0v) is 12.3. The zero-order chi connectivity index (χ0) is 14.7. The maximum absolute atomic E-state index is 12.5. The van der Waals surface area contributed by atoms with Crippen LogP contribution in [0.4, 0.5) is 0 Å². The second-order valence-electron chi connectivity index (χ2n) is 5.43. The molecule has 1 fully saturated rings. The lowest BCUT2D eigenvalue weighted by atomic mass is 10.2. The highest BCUT2D eigenvalue weighted by atomic mass is 16.5. The topological polar surface area (TPSA) is 55.6 Å². The van der Waals surface area contributed by atoms with Gasteiger partial charge >= 0.3 is 0 Å². The first-order chi connectivity index (χ1) is 10.3. The van der Waals surface area contributed by atoms with E-state index in [-0.39, 0.29) is 12.0 Å². The van der Waals surface area contributed by atoms with Crippen molar-refractivity contribution in [3.8, 4) is 0 Å². The molecule has 2 aromatic heterocycles.